The lowest BCUT2D eigenvalue weighted by Crippen LogP contribution is -2.25. The fraction of sp³-hybridized carbons (Fsp3) is 0.643. The topological polar surface area (TPSA) is 46.9 Å². The summed E-state index contributed by atoms with van der Waals surface area (Å²) in [4.78, 5) is 16.6. The van der Waals surface area contributed by atoms with E-state index in [0.29, 0.717) is 12.1 Å². The van der Waals surface area contributed by atoms with Crippen molar-refractivity contribution in [1.29, 1.82) is 0 Å². The Labute approximate surface area is 195 Å². The Bertz CT molecular complexity index is 808. The molecule has 4 heteroatoms. The second kappa shape index (κ2) is 15.7. The number of benzene rings is 1. The van der Waals surface area contributed by atoms with E-state index in [2.05, 4.69) is 35.5 Å². The summed E-state index contributed by atoms with van der Waals surface area (Å²) in [7, 11) is 0. The highest BCUT2D eigenvalue weighted by Gasteiger charge is 2.11. The summed E-state index contributed by atoms with van der Waals surface area (Å²) >= 11 is 0. The largest absolute Gasteiger partial charge is 0.345 e. The Morgan fingerprint density at radius 1 is 0.875 bits per heavy atom. The summed E-state index contributed by atoms with van der Waals surface area (Å²) in [6.45, 7) is 9.12. The van der Waals surface area contributed by atoms with Gasteiger partial charge in [0, 0.05) is 12.1 Å². The molecule has 0 aliphatic carbocycles. The molecule has 0 bridgehead atoms. The average Bonchev–Trinajstić information content (AvgIpc) is 3.15. The number of nitrogens with one attached hydrogen (secondary N) is 1. The Hall–Kier alpha value is -2.10. The van der Waals surface area contributed by atoms with Crippen molar-refractivity contribution in [2.75, 3.05) is 0 Å². The smallest absolute Gasteiger partial charge is 0.246 e. The number of aryl methyl sites for hydroxylation is 1. The number of carbonyl (C=O) groups is 1. The van der Waals surface area contributed by atoms with Crippen LogP contribution in [0.2, 0.25) is 0 Å². The minimum atomic E-state index is -0.111. The summed E-state index contributed by atoms with van der Waals surface area (Å²) in [5, 5.41) is 2.93. The van der Waals surface area contributed by atoms with E-state index in [9.17, 15) is 4.79 Å². The molecule has 2 aromatic rings. The number of unbranched alkanes of at least 4 members (excludes halogenated alkanes) is 13. The van der Waals surface area contributed by atoms with Crippen molar-refractivity contribution in [3.63, 3.8) is 0 Å². The molecule has 0 radical (unpaired) electrons. The van der Waals surface area contributed by atoms with Gasteiger partial charge in [-0.05, 0) is 25.5 Å². The lowest BCUT2D eigenvalue weighted by atomic mass is 10.0. The molecule has 0 unspecified atom stereocenters. The maximum Gasteiger partial charge on any atom is 0.246 e. The standard InChI is InChI=1S/C28H45N3O/c1-4-5-6-7-8-9-10-11-12-13-14-15-16-19-22-31-26-21-18-17-20-25(26)30-27(31)23-29-28(32)24(2)3/h17-18,20-21H,2,4-16,19,22-23H2,1,3H3,(H,29,32). The SMILES string of the molecule is C=C(C)C(=O)NCc1nc2ccccc2n1CCCCCCCCCCCCCCCC. The number of hydrogen-bond acceptors (Lipinski definition) is 2. The molecule has 178 valence electrons. The third kappa shape index (κ3) is 9.58. The molecule has 1 amide bonds. The van der Waals surface area contributed by atoms with Gasteiger partial charge in [0.25, 0.3) is 0 Å². The van der Waals surface area contributed by atoms with Crippen LogP contribution in [0.5, 0.6) is 0 Å². The molecule has 0 aliphatic rings. The van der Waals surface area contributed by atoms with Crippen LogP contribution in [-0.2, 0) is 17.9 Å². The molecule has 0 atom stereocenters. The fourth-order valence-electron chi connectivity index (χ4n) is 4.28. The molecule has 1 heterocycles. The molecular weight excluding hydrogens is 394 g/mol. The van der Waals surface area contributed by atoms with Crippen LogP contribution in [0.15, 0.2) is 36.4 Å². The van der Waals surface area contributed by atoms with Gasteiger partial charge < -0.3 is 9.88 Å². The normalized spacial score (nSPS) is 11.2. The van der Waals surface area contributed by atoms with Crippen molar-refractivity contribution >= 4 is 16.9 Å². The number of nitrogens with zero attached hydrogens (tertiary/aromatic N) is 2. The first kappa shape index (κ1) is 26.2. The van der Waals surface area contributed by atoms with E-state index in [4.69, 9.17) is 4.98 Å². The van der Waals surface area contributed by atoms with Crippen molar-refractivity contribution < 1.29 is 4.79 Å². The third-order valence-electron chi connectivity index (χ3n) is 6.26. The third-order valence-corrected chi connectivity index (χ3v) is 6.26. The number of hydrogen-bond donors (Lipinski definition) is 1. The van der Waals surface area contributed by atoms with Crippen molar-refractivity contribution in [3.8, 4) is 0 Å². The summed E-state index contributed by atoms with van der Waals surface area (Å²) < 4.78 is 2.27. The van der Waals surface area contributed by atoms with Gasteiger partial charge in [-0.1, -0.05) is 109 Å². The summed E-state index contributed by atoms with van der Waals surface area (Å²) in [6.07, 6.45) is 19.1. The van der Waals surface area contributed by atoms with Crippen LogP contribution in [0, 0.1) is 0 Å². The van der Waals surface area contributed by atoms with Crippen LogP contribution in [-0.4, -0.2) is 15.5 Å². The van der Waals surface area contributed by atoms with E-state index in [1.165, 1.54) is 83.5 Å². The fourth-order valence-corrected chi connectivity index (χ4v) is 4.28. The van der Waals surface area contributed by atoms with Crippen LogP contribution < -0.4 is 5.32 Å². The Morgan fingerprint density at radius 2 is 1.41 bits per heavy atom. The first-order chi connectivity index (χ1) is 15.6. The molecule has 0 spiro atoms. The van der Waals surface area contributed by atoms with Gasteiger partial charge in [-0.25, -0.2) is 4.98 Å². The maximum absolute atomic E-state index is 11.9. The second-order valence-corrected chi connectivity index (χ2v) is 9.23. The van der Waals surface area contributed by atoms with Crippen LogP contribution in [0.4, 0.5) is 0 Å². The summed E-state index contributed by atoms with van der Waals surface area (Å²) in [5.74, 6) is 0.815. The molecule has 0 saturated heterocycles. The van der Waals surface area contributed by atoms with Crippen molar-refractivity contribution in [2.24, 2.45) is 0 Å². The van der Waals surface area contributed by atoms with Gasteiger partial charge in [-0.2, -0.15) is 0 Å². The van der Waals surface area contributed by atoms with Gasteiger partial charge in [0.15, 0.2) is 0 Å². The van der Waals surface area contributed by atoms with E-state index in [1.807, 2.05) is 12.1 Å². The van der Waals surface area contributed by atoms with Crippen LogP contribution in [0.1, 0.15) is 110 Å². The summed E-state index contributed by atoms with van der Waals surface area (Å²) in [6, 6.07) is 8.24. The highest BCUT2D eigenvalue weighted by atomic mass is 16.1. The highest BCUT2D eigenvalue weighted by Crippen LogP contribution is 2.18. The molecule has 1 aromatic carbocycles. The minimum absolute atomic E-state index is 0.111. The molecule has 0 aliphatic heterocycles. The number of aromatic nitrogens is 2. The zero-order valence-corrected chi connectivity index (χ0v) is 20.6. The predicted molar refractivity (Wildman–Crippen MR) is 137 cm³/mol. The van der Waals surface area contributed by atoms with E-state index in [1.54, 1.807) is 6.92 Å². The number of imidazole rings is 1. The lowest BCUT2D eigenvalue weighted by molar-refractivity contribution is -0.117. The highest BCUT2D eigenvalue weighted by molar-refractivity contribution is 5.92. The zero-order valence-electron chi connectivity index (χ0n) is 20.6. The molecule has 4 nitrogen and oxygen atoms in total. The van der Waals surface area contributed by atoms with Crippen molar-refractivity contribution in [2.45, 2.75) is 117 Å². The van der Waals surface area contributed by atoms with Gasteiger partial charge in [-0.15, -0.1) is 0 Å². The van der Waals surface area contributed by atoms with Crippen LogP contribution >= 0.6 is 0 Å². The number of carbonyl (C=O) groups excluding carboxylic acids is 1. The molecule has 1 N–H and O–H groups in total. The Morgan fingerprint density at radius 3 is 1.97 bits per heavy atom. The van der Waals surface area contributed by atoms with Crippen LogP contribution in [0.25, 0.3) is 11.0 Å². The van der Waals surface area contributed by atoms with Crippen molar-refractivity contribution in [3.05, 3.63) is 42.2 Å². The van der Waals surface area contributed by atoms with Gasteiger partial charge in [0.05, 0.1) is 17.6 Å². The number of para-hydroxylation sites is 2. The molecule has 32 heavy (non-hydrogen) atoms. The first-order valence-corrected chi connectivity index (χ1v) is 13.0. The quantitative estimate of drug-likeness (QED) is 0.191. The summed E-state index contributed by atoms with van der Waals surface area (Å²) in [5.41, 5.74) is 2.68. The number of rotatable bonds is 18. The van der Waals surface area contributed by atoms with E-state index >= 15 is 0 Å². The van der Waals surface area contributed by atoms with Gasteiger partial charge in [0.1, 0.15) is 5.82 Å². The van der Waals surface area contributed by atoms with E-state index in [0.717, 1.165) is 29.8 Å². The van der Waals surface area contributed by atoms with E-state index in [-0.39, 0.29) is 5.91 Å². The first-order valence-electron chi connectivity index (χ1n) is 13.0. The molecule has 1 aromatic heterocycles. The van der Waals surface area contributed by atoms with Crippen molar-refractivity contribution in [1.82, 2.24) is 14.9 Å². The molecule has 0 fully saturated rings. The number of fused-ring (bicyclic) bond motifs is 1. The second-order valence-electron chi connectivity index (χ2n) is 9.23. The molecule has 0 saturated carbocycles. The van der Waals surface area contributed by atoms with Gasteiger partial charge in [-0.3, -0.25) is 4.79 Å². The molecular formula is C28H45N3O. The molecule has 2 rings (SSSR count). The van der Waals surface area contributed by atoms with E-state index < -0.39 is 0 Å². The zero-order chi connectivity index (χ0) is 23.0. The number of amides is 1. The predicted octanol–water partition coefficient (Wildman–Crippen LogP) is 7.71. The van der Waals surface area contributed by atoms with Gasteiger partial charge >= 0.3 is 0 Å². The monoisotopic (exact) mass is 439 g/mol. The lowest BCUT2D eigenvalue weighted by Gasteiger charge is -2.10. The van der Waals surface area contributed by atoms with Gasteiger partial charge in [0.2, 0.25) is 5.91 Å². The minimum Gasteiger partial charge on any atom is -0.345 e. The average molecular weight is 440 g/mol. The Kier molecular flexibility index (Phi) is 12.8. The Balaban J connectivity index is 1.62. The van der Waals surface area contributed by atoms with Crippen LogP contribution in [0.3, 0.4) is 0 Å². The maximum atomic E-state index is 11.9.